The van der Waals surface area contributed by atoms with Gasteiger partial charge >= 0.3 is 0 Å². The third-order valence-electron chi connectivity index (χ3n) is 5.65. The number of benzene rings is 1. The van der Waals surface area contributed by atoms with Crippen molar-refractivity contribution in [1.82, 2.24) is 4.90 Å². The fraction of sp³-hybridized carbons (Fsp3) is 0.381. The van der Waals surface area contributed by atoms with Crippen LogP contribution in [0.15, 0.2) is 58.1 Å². The molecule has 1 saturated heterocycles. The summed E-state index contributed by atoms with van der Waals surface area (Å²) in [7, 11) is -3.58. The second-order valence-electron chi connectivity index (χ2n) is 7.66. The Bertz CT molecular complexity index is 966. The number of hydrogen-bond donors (Lipinski definition) is 1. The van der Waals surface area contributed by atoms with Crippen LogP contribution in [0.4, 0.5) is 5.69 Å². The molecule has 1 aromatic carbocycles. The topological polar surface area (TPSA) is 66.5 Å². The summed E-state index contributed by atoms with van der Waals surface area (Å²) in [4.78, 5) is 14.9. The maximum Gasteiger partial charge on any atom is 0.271 e. The summed E-state index contributed by atoms with van der Waals surface area (Å²) in [6.45, 7) is 1.60. The van der Waals surface area contributed by atoms with Crippen molar-refractivity contribution in [3.05, 3.63) is 59.5 Å². The van der Waals surface area contributed by atoms with Gasteiger partial charge in [-0.1, -0.05) is 18.2 Å². The van der Waals surface area contributed by atoms with E-state index in [-0.39, 0.29) is 15.5 Å². The number of likely N-dealkylation sites (tertiary alicyclic amines) is 1. The summed E-state index contributed by atoms with van der Waals surface area (Å²) < 4.78 is 27.5. The zero-order valence-electron chi connectivity index (χ0n) is 15.6. The molecule has 1 amide bonds. The van der Waals surface area contributed by atoms with Gasteiger partial charge < -0.3 is 4.90 Å². The van der Waals surface area contributed by atoms with Gasteiger partial charge in [0.2, 0.25) is 0 Å². The third kappa shape index (κ3) is 4.00. The minimum Gasteiger partial charge on any atom is -0.338 e. The van der Waals surface area contributed by atoms with Gasteiger partial charge in [0.25, 0.3) is 15.9 Å². The van der Waals surface area contributed by atoms with Crippen molar-refractivity contribution in [3.8, 4) is 0 Å². The second-order valence-corrected chi connectivity index (χ2v) is 10.5. The van der Waals surface area contributed by atoms with Gasteiger partial charge in [-0.25, -0.2) is 8.42 Å². The highest BCUT2D eigenvalue weighted by molar-refractivity contribution is 7.94. The van der Waals surface area contributed by atoms with Crippen molar-refractivity contribution in [2.75, 3.05) is 17.8 Å². The molecule has 2 heterocycles. The van der Waals surface area contributed by atoms with E-state index < -0.39 is 10.0 Å². The van der Waals surface area contributed by atoms with E-state index in [1.54, 1.807) is 41.8 Å². The Hall–Kier alpha value is -2.12. The van der Waals surface area contributed by atoms with Crippen molar-refractivity contribution in [3.63, 3.8) is 0 Å². The van der Waals surface area contributed by atoms with E-state index in [2.05, 4.69) is 16.9 Å². The lowest BCUT2D eigenvalue weighted by Crippen LogP contribution is -2.46. The number of thiophene rings is 1. The van der Waals surface area contributed by atoms with Crippen LogP contribution < -0.4 is 4.72 Å². The van der Waals surface area contributed by atoms with Gasteiger partial charge in [-0.05, 0) is 73.2 Å². The van der Waals surface area contributed by atoms with E-state index in [0.29, 0.717) is 11.3 Å². The van der Waals surface area contributed by atoms with Crippen LogP contribution in [-0.2, 0) is 10.0 Å². The molecule has 1 spiro atoms. The van der Waals surface area contributed by atoms with Crippen LogP contribution in [0.1, 0.15) is 42.5 Å². The number of nitrogens with one attached hydrogen (secondary N) is 1. The molecule has 2 aromatic rings. The number of carbonyl (C=O) groups is 1. The largest absolute Gasteiger partial charge is 0.338 e. The van der Waals surface area contributed by atoms with Crippen LogP contribution in [0.2, 0.25) is 0 Å². The van der Waals surface area contributed by atoms with Gasteiger partial charge in [0.1, 0.15) is 4.21 Å². The quantitative estimate of drug-likeness (QED) is 0.746. The molecule has 1 fully saturated rings. The monoisotopic (exact) mass is 416 g/mol. The molecule has 1 aliphatic heterocycles. The minimum absolute atomic E-state index is 0.0290. The van der Waals surface area contributed by atoms with Gasteiger partial charge in [-0.15, -0.1) is 11.3 Å². The zero-order valence-corrected chi connectivity index (χ0v) is 17.3. The first-order valence-electron chi connectivity index (χ1n) is 9.58. The van der Waals surface area contributed by atoms with Gasteiger partial charge in [0.15, 0.2) is 0 Å². The predicted octanol–water partition coefficient (Wildman–Crippen LogP) is 4.51. The Morgan fingerprint density at radius 1 is 1.11 bits per heavy atom. The average molecular weight is 417 g/mol. The Morgan fingerprint density at radius 3 is 2.61 bits per heavy atom. The lowest BCUT2D eigenvalue weighted by molar-refractivity contribution is 0.0484. The lowest BCUT2D eigenvalue weighted by Gasteiger charge is -2.44. The second kappa shape index (κ2) is 7.72. The van der Waals surface area contributed by atoms with Crippen LogP contribution in [0, 0.1) is 5.41 Å². The molecular weight excluding hydrogens is 392 g/mol. The van der Waals surface area contributed by atoms with E-state index in [1.807, 2.05) is 4.90 Å². The maximum atomic E-state index is 13.0. The molecule has 0 bridgehead atoms. The first-order chi connectivity index (χ1) is 13.5. The number of anilines is 1. The maximum absolute atomic E-state index is 13.0. The number of sulfonamides is 1. The van der Waals surface area contributed by atoms with Crippen LogP contribution >= 0.6 is 11.3 Å². The van der Waals surface area contributed by atoms with Crippen molar-refractivity contribution >= 4 is 33.0 Å². The summed E-state index contributed by atoms with van der Waals surface area (Å²) in [6, 6.07) is 9.99. The number of amides is 1. The highest BCUT2D eigenvalue weighted by atomic mass is 32.2. The van der Waals surface area contributed by atoms with Crippen LogP contribution in [0.25, 0.3) is 0 Å². The van der Waals surface area contributed by atoms with Crippen LogP contribution in [0.5, 0.6) is 0 Å². The lowest BCUT2D eigenvalue weighted by atomic mass is 9.71. The Balaban J connectivity index is 1.45. The molecule has 1 aliphatic carbocycles. The van der Waals surface area contributed by atoms with Crippen molar-refractivity contribution in [2.24, 2.45) is 5.41 Å². The highest BCUT2D eigenvalue weighted by Crippen LogP contribution is 2.41. The van der Waals surface area contributed by atoms with Crippen molar-refractivity contribution in [1.29, 1.82) is 0 Å². The summed E-state index contributed by atoms with van der Waals surface area (Å²) >= 11 is 1.17. The van der Waals surface area contributed by atoms with Gasteiger partial charge in [0, 0.05) is 24.3 Å². The number of rotatable bonds is 4. The molecule has 148 valence electrons. The molecule has 1 N–H and O–H groups in total. The van der Waals surface area contributed by atoms with E-state index in [4.69, 9.17) is 0 Å². The molecule has 0 radical (unpaired) electrons. The Morgan fingerprint density at radius 2 is 1.93 bits per heavy atom. The van der Waals surface area contributed by atoms with E-state index in [9.17, 15) is 13.2 Å². The van der Waals surface area contributed by atoms with Gasteiger partial charge in [-0.3, -0.25) is 9.52 Å². The van der Waals surface area contributed by atoms with Crippen molar-refractivity contribution in [2.45, 2.75) is 36.3 Å². The predicted molar refractivity (Wildman–Crippen MR) is 112 cm³/mol. The Kier molecular flexibility index (Phi) is 5.29. The fourth-order valence-electron chi connectivity index (χ4n) is 4.18. The zero-order chi connectivity index (χ0) is 19.6. The molecule has 1 atom stereocenters. The smallest absolute Gasteiger partial charge is 0.271 e. The normalized spacial score (nSPS) is 22.4. The van der Waals surface area contributed by atoms with Gasteiger partial charge in [-0.2, -0.15) is 0 Å². The summed E-state index contributed by atoms with van der Waals surface area (Å²) in [5.41, 5.74) is 1.29. The summed E-state index contributed by atoms with van der Waals surface area (Å²) in [5.74, 6) is 0.0290. The van der Waals surface area contributed by atoms with Gasteiger partial charge in [0.05, 0.1) is 0 Å². The van der Waals surface area contributed by atoms with Crippen molar-refractivity contribution < 1.29 is 13.2 Å². The standard InChI is InChI=1S/C21H24N2O3S2/c24-20(23-14-5-13-21(16-23)11-2-1-3-12-21)17-7-9-18(10-8-17)22-28(25,26)19-6-4-15-27-19/h1-2,4,6-10,15,22H,3,5,11-14,16H2. The Labute approximate surface area is 170 Å². The molecule has 5 nitrogen and oxygen atoms in total. The molecule has 7 heteroatoms. The molecular formula is C21H24N2O3S2. The first kappa shape index (κ1) is 19.2. The van der Waals surface area contributed by atoms with Crippen LogP contribution in [0.3, 0.4) is 0 Å². The molecule has 0 saturated carbocycles. The van der Waals surface area contributed by atoms with E-state index in [1.165, 1.54) is 17.8 Å². The minimum atomic E-state index is -3.58. The molecule has 1 unspecified atom stereocenters. The third-order valence-corrected chi connectivity index (χ3v) is 8.43. The fourth-order valence-corrected chi connectivity index (χ4v) is 6.23. The highest BCUT2D eigenvalue weighted by Gasteiger charge is 2.36. The first-order valence-corrected chi connectivity index (χ1v) is 11.9. The van der Waals surface area contributed by atoms with E-state index in [0.717, 1.165) is 38.8 Å². The molecule has 2 aliphatic rings. The van der Waals surface area contributed by atoms with E-state index >= 15 is 0 Å². The molecule has 28 heavy (non-hydrogen) atoms. The summed E-state index contributed by atoms with van der Waals surface area (Å²) in [6.07, 6.45) is 10.0. The summed E-state index contributed by atoms with van der Waals surface area (Å²) in [5, 5.41) is 1.73. The number of piperidine rings is 1. The number of carbonyl (C=O) groups excluding carboxylic acids is 1. The SMILES string of the molecule is O=C(c1ccc(NS(=O)(=O)c2cccs2)cc1)N1CCCC2(CC=CCC2)C1. The number of allylic oxidation sites excluding steroid dienone is 2. The molecule has 1 aromatic heterocycles. The number of nitrogens with zero attached hydrogens (tertiary/aromatic N) is 1. The van der Waals surface area contributed by atoms with Crippen LogP contribution in [-0.4, -0.2) is 32.3 Å². The average Bonchev–Trinajstić information content (AvgIpc) is 3.24. The number of hydrogen-bond acceptors (Lipinski definition) is 4. The molecule has 4 rings (SSSR count).